The van der Waals surface area contributed by atoms with Gasteiger partial charge >= 0.3 is 0 Å². The van der Waals surface area contributed by atoms with Crippen LogP contribution < -0.4 is 19.6 Å². The average molecular weight is 593 g/mol. The first-order valence-electron chi connectivity index (χ1n) is 13.1. The molecule has 0 aliphatic carbocycles. The number of fused-ring (bicyclic) bond motifs is 1. The fraction of sp³-hybridized carbons (Fsp3) is 0.464. The number of hydrogen-bond donors (Lipinski definition) is 7. The van der Waals surface area contributed by atoms with Crippen molar-refractivity contribution in [2.75, 3.05) is 7.11 Å². The lowest BCUT2D eigenvalue weighted by Gasteiger charge is -2.39. The highest BCUT2D eigenvalue weighted by molar-refractivity contribution is 5.88. The van der Waals surface area contributed by atoms with Crippen molar-refractivity contribution in [3.8, 4) is 34.3 Å². The first kappa shape index (κ1) is 30.0. The number of methoxy groups -OCH3 is 1. The Hall–Kier alpha value is -3.47. The normalized spacial score (nSPS) is 33.4. The van der Waals surface area contributed by atoms with E-state index in [9.17, 15) is 40.5 Å². The van der Waals surface area contributed by atoms with E-state index in [0.717, 1.165) is 6.07 Å². The first-order chi connectivity index (χ1) is 19.9. The van der Waals surface area contributed by atoms with Gasteiger partial charge in [-0.3, -0.25) is 4.79 Å². The van der Waals surface area contributed by atoms with Gasteiger partial charge in [0, 0.05) is 17.7 Å². The van der Waals surface area contributed by atoms with Crippen molar-refractivity contribution < 1.29 is 63.8 Å². The van der Waals surface area contributed by atoms with Gasteiger partial charge in [-0.05, 0) is 38.1 Å². The highest BCUT2D eigenvalue weighted by atomic mass is 16.7. The maximum Gasteiger partial charge on any atom is 0.239 e. The van der Waals surface area contributed by atoms with Crippen molar-refractivity contribution in [3.63, 3.8) is 0 Å². The Morgan fingerprint density at radius 3 is 1.81 bits per heavy atom. The highest BCUT2D eigenvalue weighted by Gasteiger charge is 2.45. The molecular weight excluding hydrogens is 560 g/mol. The van der Waals surface area contributed by atoms with E-state index in [2.05, 4.69) is 0 Å². The standard InChI is InChI=1S/C28H32O14/c1-10-18(30)21(33)23(35)27(38-10)40-14-8-15(29)17-16(9-14)41-25(12-4-6-13(37-3)7-5-12)26(20(17)32)42-28-24(36)22(34)19(31)11(2)39-28/h4-11,18-19,21-24,27-31,33-36H,1-3H3/t10-,11-,18-,19-,21+,22+,23+,24+,27?,28?/m0/s1. The van der Waals surface area contributed by atoms with Crippen molar-refractivity contribution in [1.82, 2.24) is 0 Å². The van der Waals surface area contributed by atoms with Crippen LogP contribution in [0.3, 0.4) is 0 Å². The van der Waals surface area contributed by atoms with Crippen LogP contribution in [0.15, 0.2) is 45.6 Å². The fourth-order valence-corrected chi connectivity index (χ4v) is 4.84. The molecule has 228 valence electrons. The number of rotatable bonds is 6. The van der Waals surface area contributed by atoms with Crippen LogP contribution in [0.25, 0.3) is 22.3 Å². The van der Waals surface area contributed by atoms with E-state index in [1.165, 1.54) is 27.0 Å². The minimum absolute atomic E-state index is 0.102. The number of aliphatic hydroxyl groups is 6. The van der Waals surface area contributed by atoms with E-state index in [1.807, 2.05) is 0 Å². The number of phenolic OH excluding ortho intramolecular Hbond substituents is 1. The van der Waals surface area contributed by atoms with Crippen molar-refractivity contribution in [3.05, 3.63) is 46.6 Å². The highest BCUT2D eigenvalue weighted by Crippen LogP contribution is 2.38. The van der Waals surface area contributed by atoms with Crippen molar-refractivity contribution in [2.24, 2.45) is 0 Å². The van der Waals surface area contributed by atoms with Gasteiger partial charge in [0.25, 0.3) is 0 Å². The van der Waals surface area contributed by atoms with Gasteiger partial charge in [-0.25, -0.2) is 0 Å². The van der Waals surface area contributed by atoms with Crippen LogP contribution in [-0.2, 0) is 9.47 Å². The van der Waals surface area contributed by atoms with Crippen molar-refractivity contribution in [1.29, 1.82) is 0 Å². The summed E-state index contributed by atoms with van der Waals surface area (Å²) < 4.78 is 33.6. The maximum atomic E-state index is 13.8. The first-order valence-corrected chi connectivity index (χ1v) is 13.1. The Morgan fingerprint density at radius 1 is 0.714 bits per heavy atom. The summed E-state index contributed by atoms with van der Waals surface area (Å²) in [4.78, 5) is 13.8. The van der Waals surface area contributed by atoms with Gasteiger partial charge in [0.05, 0.1) is 19.3 Å². The Bertz CT molecular complexity index is 1470. The zero-order chi connectivity index (χ0) is 30.5. The van der Waals surface area contributed by atoms with Gasteiger partial charge in [0.15, 0.2) is 5.76 Å². The average Bonchev–Trinajstić information content (AvgIpc) is 2.97. The number of phenols is 1. The zero-order valence-corrected chi connectivity index (χ0v) is 22.7. The Morgan fingerprint density at radius 2 is 1.26 bits per heavy atom. The summed E-state index contributed by atoms with van der Waals surface area (Å²) in [5.74, 6) is -0.808. The summed E-state index contributed by atoms with van der Waals surface area (Å²) in [5.41, 5.74) is -0.705. The molecule has 0 radical (unpaired) electrons. The summed E-state index contributed by atoms with van der Waals surface area (Å²) in [5, 5.41) is 71.7. The smallest absolute Gasteiger partial charge is 0.239 e. The quantitative estimate of drug-likeness (QED) is 0.194. The number of aromatic hydroxyl groups is 1. The van der Waals surface area contributed by atoms with Gasteiger partial charge in [-0.15, -0.1) is 0 Å². The zero-order valence-electron chi connectivity index (χ0n) is 22.7. The summed E-state index contributed by atoms with van der Waals surface area (Å²) in [6.07, 6.45) is -14.2. The predicted molar refractivity (Wildman–Crippen MR) is 142 cm³/mol. The van der Waals surface area contributed by atoms with Crippen molar-refractivity contribution >= 4 is 11.0 Å². The number of hydrogen-bond acceptors (Lipinski definition) is 14. The predicted octanol–water partition coefficient (Wildman–Crippen LogP) is -0.413. The summed E-state index contributed by atoms with van der Waals surface area (Å²) in [6.45, 7) is 2.92. The Labute approximate surface area is 238 Å². The lowest BCUT2D eigenvalue weighted by atomic mass is 10.00. The Kier molecular flexibility index (Phi) is 8.33. The van der Waals surface area contributed by atoms with Crippen LogP contribution in [0, 0.1) is 0 Å². The molecule has 2 aromatic carbocycles. The van der Waals surface area contributed by atoms with Gasteiger partial charge in [0.1, 0.15) is 64.8 Å². The molecule has 0 saturated carbocycles. The largest absolute Gasteiger partial charge is 0.507 e. The molecule has 1 aromatic heterocycles. The van der Waals surface area contributed by atoms with Crippen LogP contribution in [0.1, 0.15) is 13.8 Å². The lowest BCUT2D eigenvalue weighted by Crippen LogP contribution is -2.58. The molecular formula is C28H32O14. The molecule has 2 fully saturated rings. The summed E-state index contributed by atoms with van der Waals surface area (Å²) in [6, 6.07) is 8.63. The van der Waals surface area contributed by atoms with Gasteiger partial charge in [-0.1, -0.05) is 0 Å². The van der Waals surface area contributed by atoms with E-state index >= 15 is 0 Å². The topological polar surface area (TPSA) is 218 Å². The molecule has 2 aliphatic rings. The minimum atomic E-state index is -1.74. The molecule has 7 N–H and O–H groups in total. The monoisotopic (exact) mass is 592 g/mol. The second-order valence-corrected chi connectivity index (χ2v) is 10.2. The third-order valence-corrected chi connectivity index (χ3v) is 7.36. The Balaban J connectivity index is 1.59. The third kappa shape index (κ3) is 5.39. The molecule has 3 aromatic rings. The second kappa shape index (κ2) is 11.7. The number of benzene rings is 2. The lowest BCUT2D eigenvalue weighted by molar-refractivity contribution is -0.268. The molecule has 14 nitrogen and oxygen atoms in total. The molecule has 2 saturated heterocycles. The minimum Gasteiger partial charge on any atom is -0.507 e. The number of aliphatic hydroxyl groups excluding tert-OH is 6. The molecule has 10 atom stereocenters. The second-order valence-electron chi connectivity index (χ2n) is 10.2. The van der Waals surface area contributed by atoms with Gasteiger partial charge < -0.3 is 63.8 Å². The van der Waals surface area contributed by atoms with E-state index in [0.29, 0.717) is 11.3 Å². The molecule has 42 heavy (non-hydrogen) atoms. The fourth-order valence-electron chi connectivity index (χ4n) is 4.84. The van der Waals surface area contributed by atoms with E-state index in [-0.39, 0.29) is 22.5 Å². The molecule has 0 bridgehead atoms. The van der Waals surface area contributed by atoms with Gasteiger partial charge in [-0.2, -0.15) is 0 Å². The van der Waals surface area contributed by atoms with E-state index in [4.69, 9.17) is 28.1 Å². The molecule has 5 rings (SSSR count). The molecule has 0 spiro atoms. The van der Waals surface area contributed by atoms with Crippen LogP contribution in [0.5, 0.6) is 23.0 Å². The van der Waals surface area contributed by atoms with Crippen LogP contribution in [-0.4, -0.2) is 104 Å². The van der Waals surface area contributed by atoms with Crippen molar-refractivity contribution in [2.45, 2.75) is 75.3 Å². The molecule has 14 heteroatoms. The number of ether oxygens (including phenoxy) is 5. The van der Waals surface area contributed by atoms with E-state index < -0.39 is 78.3 Å². The van der Waals surface area contributed by atoms with E-state index in [1.54, 1.807) is 24.3 Å². The molecule has 2 unspecified atom stereocenters. The molecule has 3 heterocycles. The van der Waals surface area contributed by atoms with Gasteiger partial charge in [0.2, 0.25) is 23.8 Å². The summed E-state index contributed by atoms with van der Waals surface area (Å²) in [7, 11) is 1.47. The molecule has 0 amide bonds. The summed E-state index contributed by atoms with van der Waals surface area (Å²) >= 11 is 0. The van der Waals surface area contributed by atoms with Crippen LogP contribution in [0.4, 0.5) is 0 Å². The molecule has 2 aliphatic heterocycles. The van der Waals surface area contributed by atoms with Crippen LogP contribution in [0.2, 0.25) is 0 Å². The maximum absolute atomic E-state index is 13.8. The SMILES string of the molecule is COc1ccc(-c2oc3cc(OC4O[C@@H](C)[C@H](O)[C@@H](O)[C@H]4O)cc(O)c3c(=O)c2OC2O[C@@H](C)[C@H](O)[C@@H](O)[C@H]2O)cc1. The third-order valence-electron chi connectivity index (χ3n) is 7.36. The van der Waals surface area contributed by atoms with Crippen LogP contribution >= 0.6 is 0 Å².